The molecule has 3 heteroatoms. The summed E-state index contributed by atoms with van der Waals surface area (Å²) in [6, 6.07) is 10.3. The average Bonchev–Trinajstić information content (AvgIpc) is 3.08. The fourth-order valence-electron chi connectivity index (χ4n) is 3.73. The van der Waals surface area contributed by atoms with Crippen LogP contribution in [0.5, 0.6) is 0 Å². The van der Waals surface area contributed by atoms with Crippen molar-refractivity contribution in [2.45, 2.75) is 64.8 Å². The van der Waals surface area contributed by atoms with E-state index in [1.54, 1.807) is 0 Å². The van der Waals surface area contributed by atoms with Crippen LogP contribution in [0.2, 0.25) is 0 Å². The molecule has 1 spiro atoms. The molecule has 2 aliphatic rings. The van der Waals surface area contributed by atoms with Gasteiger partial charge in [0, 0.05) is 0 Å². The van der Waals surface area contributed by atoms with Crippen LogP contribution < -0.4 is 0 Å². The Kier molecular flexibility index (Phi) is 3.43. The smallest absolute Gasteiger partial charge is 0.193 e. The second kappa shape index (κ2) is 4.80. The summed E-state index contributed by atoms with van der Waals surface area (Å²) in [4.78, 5) is 5.91. The maximum Gasteiger partial charge on any atom is 0.193 e. The number of nitrogens with zero attached hydrogens (tertiary/aromatic N) is 1. The van der Waals surface area contributed by atoms with Gasteiger partial charge in [-0.2, -0.15) is 0 Å². The third-order valence-electron chi connectivity index (χ3n) is 5.34. The third-order valence-corrected chi connectivity index (χ3v) is 5.34. The quantitative estimate of drug-likeness (QED) is 0.843. The lowest BCUT2D eigenvalue weighted by molar-refractivity contribution is -0.0869. The van der Waals surface area contributed by atoms with E-state index in [2.05, 4.69) is 32.9 Å². The fourth-order valence-corrected chi connectivity index (χ4v) is 3.73. The van der Waals surface area contributed by atoms with Gasteiger partial charge in [0.05, 0.1) is 6.54 Å². The normalized spacial score (nSPS) is 39.5. The van der Waals surface area contributed by atoms with Gasteiger partial charge in [-0.25, -0.2) is 0 Å². The first-order valence-corrected chi connectivity index (χ1v) is 7.98. The van der Waals surface area contributed by atoms with Crippen molar-refractivity contribution in [2.24, 2.45) is 11.3 Å². The zero-order valence-electron chi connectivity index (χ0n) is 13.6. The van der Waals surface area contributed by atoms with Gasteiger partial charge < -0.3 is 5.11 Å². The van der Waals surface area contributed by atoms with E-state index >= 15 is 0 Å². The average molecular weight is 289 g/mol. The monoisotopic (exact) mass is 289 g/mol. The summed E-state index contributed by atoms with van der Waals surface area (Å²) in [5, 5.41) is 13.0. The van der Waals surface area contributed by atoms with Crippen LogP contribution in [0.25, 0.3) is 0 Å². The molecule has 21 heavy (non-hydrogen) atoms. The molecule has 0 amide bonds. The highest BCUT2D eigenvalue weighted by Gasteiger charge is 2.68. The third kappa shape index (κ3) is 2.63. The Morgan fingerprint density at radius 3 is 2.52 bits per heavy atom. The van der Waals surface area contributed by atoms with Crippen molar-refractivity contribution in [3.05, 3.63) is 35.9 Å². The van der Waals surface area contributed by atoms with Crippen molar-refractivity contribution in [1.82, 2.24) is 5.06 Å². The van der Waals surface area contributed by atoms with Gasteiger partial charge in [0.25, 0.3) is 0 Å². The maximum atomic E-state index is 11.0. The number of benzene rings is 1. The molecule has 2 fully saturated rings. The summed E-state index contributed by atoms with van der Waals surface area (Å²) in [6.45, 7) is 9.48. The van der Waals surface area contributed by atoms with Gasteiger partial charge in [-0.3, -0.25) is 4.84 Å². The van der Waals surface area contributed by atoms with Gasteiger partial charge in [0.1, 0.15) is 5.60 Å². The highest BCUT2D eigenvalue weighted by molar-refractivity contribution is 5.17. The molecule has 1 aromatic carbocycles. The number of hydrogen-bond acceptors (Lipinski definition) is 3. The molecule has 1 unspecified atom stereocenters. The largest absolute Gasteiger partial charge is 0.386 e. The van der Waals surface area contributed by atoms with E-state index in [-0.39, 0.29) is 5.41 Å². The molecule has 3 nitrogen and oxygen atoms in total. The molecule has 1 N–H and O–H groups in total. The van der Waals surface area contributed by atoms with Crippen LogP contribution in [0.15, 0.2) is 30.3 Å². The summed E-state index contributed by atoms with van der Waals surface area (Å²) in [7, 11) is 0. The number of hydroxylamine groups is 2. The van der Waals surface area contributed by atoms with Crippen LogP contribution in [0.1, 0.15) is 52.5 Å². The summed E-state index contributed by atoms with van der Waals surface area (Å²) in [6.07, 6.45) is 2.83. The van der Waals surface area contributed by atoms with Gasteiger partial charge >= 0.3 is 0 Å². The van der Waals surface area contributed by atoms with Crippen LogP contribution in [0.4, 0.5) is 0 Å². The molecule has 1 aliphatic heterocycles. The Balaban J connectivity index is 1.70. The van der Waals surface area contributed by atoms with Crippen molar-refractivity contribution in [3.63, 3.8) is 0 Å². The summed E-state index contributed by atoms with van der Waals surface area (Å²) in [5.74, 6) is 0.543. The van der Waals surface area contributed by atoms with Crippen LogP contribution in [0, 0.1) is 11.3 Å². The van der Waals surface area contributed by atoms with Crippen LogP contribution in [-0.4, -0.2) is 21.5 Å². The minimum absolute atomic E-state index is 0.241. The van der Waals surface area contributed by atoms with Crippen molar-refractivity contribution < 1.29 is 9.94 Å². The van der Waals surface area contributed by atoms with Gasteiger partial charge in [-0.05, 0) is 43.1 Å². The lowest BCUT2D eigenvalue weighted by Crippen LogP contribution is -2.52. The molecule has 1 aliphatic carbocycles. The van der Waals surface area contributed by atoms with Crippen LogP contribution >= 0.6 is 0 Å². The first kappa shape index (κ1) is 15.0. The molecule has 0 aromatic heterocycles. The Hall–Kier alpha value is -0.900. The Morgan fingerprint density at radius 2 is 1.95 bits per heavy atom. The van der Waals surface area contributed by atoms with Crippen molar-refractivity contribution in [2.75, 3.05) is 0 Å². The van der Waals surface area contributed by atoms with E-state index < -0.39 is 11.3 Å². The second-order valence-electron chi connectivity index (χ2n) is 7.98. The first-order valence-electron chi connectivity index (χ1n) is 7.98. The van der Waals surface area contributed by atoms with Crippen molar-refractivity contribution in [3.8, 4) is 0 Å². The molecule has 116 valence electrons. The molecule has 1 heterocycles. The van der Waals surface area contributed by atoms with Gasteiger partial charge in [0.2, 0.25) is 0 Å². The number of aliphatic hydroxyl groups is 1. The molecular weight excluding hydrogens is 262 g/mol. The molecule has 0 bridgehead atoms. The molecule has 1 aromatic rings. The summed E-state index contributed by atoms with van der Waals surface area (Å²) >= 11 is 0. The Morgan fingerprint density at radius 1 is 1.29 bits per heavy atom. The topological polar surface area (TPSA) is 35.8 Å². The van der Waals surface area contributed by atoms with Crippen LogP contribution in [0.3, 0.4) is 0 Å². The minimum atomic E-state index is -0.780. The molecule has 1 saturated heterocycles. The van der Waals surface area contributed by atoms with E-state index in [1.165, 1.54) is 5.56 Å². The summed E-state index contributed by atoms with van der Waals surface area (Å²) in [5.41, 5.74) is 0.218. The summed E-state index contributed by atoms with van der Waals surface area (Å²) < 4.78 is 0. The molecule has 4 atom stereocenters. The van der Waals surface area contributed by atoms with Gasteiger partial charge in [-0.15, -0.1) is 5.06 Å². The molecule has 3 rings (SSSR count). The standard InChI is InChI=1S/C18H27NO2/c1-16(2,3)15-10-11-18(17(4,20)12-15)19(21-18)13-14-8-6-5-7-9-14/h5-9,15,20H,10-13H2,1-4H3/t15-,17-,18-,19?/m0/s1. The van der Waals surface area contributed by atoms with Crippen molar-refractivity contribution >= 4 is 0 Å². The zero-order valence-corrected chi connectivity index (χ0v) is 13.6. The van der Waals surface area contributed by atoms with E-state index in [9.17, 15) is 5.11 Å². The van der Waals surface area contributed by atoms with E-state index in [0.29, 0.717) is 5.92 Å². The second-order valence-corrected chi connectivity index (χ2v) is 7.98. The van der Waals surface area contributed by atoms with E-state index in [1.807, 2.05) is 30.2 Å². The Bertz CT molecular complexity index is 506. The molecule has 0 radical (unpaired) electrons. The van der Waals surface area contributed by atoms with Gasteiger partial charge in [0.15, 0.2) is 5.72 Å². The predicted octanol–water partition coefficient (Wildman–Crippen LogP) is 3.73. The highest BCUT2D eigenvalue weighted by atomic mass is 16.9. The maximum absolute atomic E-state index is 11.0. The minimum Gasteiger partial charge on any atom is -0.386 e. The first-order chi connectivity index (χ1) is 9.75. The Labute approximate surface area is 127 Å². The number of hydrogen-bond donors (Lipinski definition) is 1. The lowest BCUT2D eigenvalue weighted by atomic mass is 9.65. The molecule has 1 saturated carbocycles. The zero-order chi connectivity index (χ0) is 15.3. The fraction of sp³-hybridized carbons (Fsp3) is 0.667. The number of rotatable bonds is 2. The van der Waals surface area contributed by atoms with Gasteiger partial charge in [-0.1, -0.05) is 51.1 Å². The van der Waals surface area contributed by atoms with E-state index in [0.717, 1.165) is 25.8 Å². The highest BCUT2D eigenvalue weighted by Crippen LogP contribution is 2.56. The van der Waals surface area contributed by atoms with Crippen LogP contribution in [-0.2, 0) is 11.4 Å². The van der Waals surface area contributed by atoms with Crippen molar-refractivity contribution in [1.29, 1.82) is 0 Å². The SMILES string of the molecule is CC(C)(C)[C@H]1CC[C@]2(ON2Cc2ccccc2)[C@@](C)(O)C1. The molecular formula is C18H27NO2. The predicted molar refractivity (Wildman–Crippen MR) is 83.2 cm³/mol. The lowest BCUT2D eigenvalue weighted by Gasteiger charge is -2.43. The van der Waals surface area contributed by atoms with E-state index in [4.69, 9.17) is 4.84 Å².